The summed E-state index contributed by atoms with van der Waals surface area (Å²) in [4.78, 5) is 24.1. The fraction of sp³-hybridized carbons (Fsp3) is 0.310. The molecule has 2 aliphatic rings. The molecule has 1 heterocycles. The molecule has 1 amide bonds. The van der Waals surface area contributed by atoms with Crippen molar-refractivity contribution in [2.45, 2.75) is 37.5 Å². The van der Waals surface area contributed by atoms with E-state index in [-0.39, 0.29) is 47.1 Å². The summed E-state index contributed by atoms with van der Waals surface area (Å²) in [5.74, 6) is 0.632. The first kappa shape index (κ1) is 28.3. The van der Waals surface area contributed by atoms with Crippen LogP contribution in [0.2, 0.25) is 5.02 Å². The number of rotatable bonds is 9. The van der Waals surface area contributed by atoms with E-state index in [1.165, 1.54) is 18.4 Å². The molecular weight excluding hydrogens is 517 g/mol. The molecule has 0 spiro atoms. The Labute approximate surface area is 248 Å². The Bertz CT molecular complexity index is 1330. The molecule has 1 fully saturated rings. The normalized spacial score (nSPS) is 15.9. The molecular formula is C29H27ClNNaO6. The molecule has 192 valence electrons. The van der Waals surface area contributed by atoms with E-state index in [9.17, 15) is 14.7 Å². The zero-order valence-corrected chi connectivity index (χ0v) is 24.2. The van der Waals surface area contributed by atoms with Gasteiger partial charge in [-0.3, -0.25) is 4.79 Å². The zero-order chi connectivity index (χ0) is 25.9. The molecule has 38 heavy (non-hydrogen) atoms. The van der Waals surface area contributed by atoms with E-state index < -0.39 is 11.9 Å². The Hall–Kier alpha value is -2.71. The van der Waals surface area contributed by atoms with Crippen LogP contribution in [0.3, 0.4) is 0 Å². The molecule has 1 saturated carbocycles. The molecule has 0 saturated heterocycles. The Morgan fingerprint density at radius 1 is 1.05 bits per heavy atom. The Balaban J connectivity index is 0.00000336. The number of halogens is 1. The topological polar surface area (TPSA) is 96.9 Å². The number of aliphatic carboxylic acids is 1. The summed E-state index contributed by atoms with van der Waals surface area (Å²) in [5.41, 5.74) is 3.36. The number of carbonyl (C=O) groups is 2. The summed E-state index contributed by atoms with van der Waals surface area (Å²) >= 11 is 6.35. The van der Waals surface area contributed by atoms with E-state index in [1.807, 2.05) is 0 Å². The second kappa shape index (κ2) is 12.4. The van der Waals surface area contributed by atoms with Crippen molar-refractivity contribution >= 4 is 23.5 Å². The van der Waals surface area contributed by atoms with Crippen LogP contribution in [0.1, 0.15) is 58.1 Å². The molecule has 1 atom stereocenters. The van der Waals surface area contributed by atoms with Crippen LogP contribution in [0.15, 0.2) is 54.6 Å². The minimum absolute atomic E-state index is 0. The third kappa shape index (κ3) is 6.46. The second-order valence-corrected chi connectivity index (χ2v) is 9.71. The van der Waals surface area contributed by atoms with Crippen molar-refractivity contribution in [3.8, 4) is 23.0 Å². The minimum atomic E-state index is -1.16. The van der Waals surface area contributed by atoms with Gasteiger partial charge in [-0.05, 0) is 79.1 Å². The third-order valence-corrected chi connectivity index (χ3v) is 7.07. The molecule has 0 radical (unpaired) electrons. The molecule has 3 aromatic carbocycles. The van der Waals surface area contributed by atoms with Crippen molar-refractivity contribution in [3.63, 3.8) is 0 Å². The van der Waals surface area contributed by atoms with Crippen LogP contribution in [0, 0.1) is 0 Å². The summed E-state index contributed by atoms with van der Waals surface area (Å²) in [6, 6.07) is 16.2. The molecule has 1 aliphatic heterocycles. The van der Waals surface area contributed by atoms with E-state index in [4.69, 9.17) is 25.8 Å². The number of amides is 1. The van der Waals surface area contributed by atoms with E-state index in [1.54, 1.807) is 43.5 Å². The van der Waals surface area contributed by atoms with Crippen molar-refractivity contribution in [3.05, 3.63) is 81.9 Å². The monoisotopic (exact) mass is 543 g/mol. The minimum Gasteiger partial charge on any atom is -0.549 e. The number of nitrogens with one attached hydrogen (secondary N) is 1. The molecule has 0 unspecified atom stereocenters. The SMILES string of the molecule is COc1cc(C2CC2)ccc1CCNC(=O)c1ccc(Oc2cc3c(cc2Cl)[C@@H](C(=O)[O-])CCO3)cc1.[Na+]. The van der Waals surface area contributed by atoms with Gasteiger partial charge in [0.2, 0.25) is 0 Å². The van der Waals surface area contributed by atoms with Crippen LogP contribution in [0.25, 0.3) is 0 Å². The number of carboxylic acids is 1. The first-order valence-electron chi connectivity index (χ1n) is 12.3. The molecule has 7 nitrogen and oxygen atoms in total. The van der Waals surface area contributed by atoms with Crippen molar-refractivity contribution in [1.82, 2.24) is 5.32 Å². The van der Waals surface area contributed by atoms with E-state index in [0.29, 0.717) is 53.7 Å². The molecule has 0 bridgehead atoms. The molecule has 3 aromatic rings. The van der Waals surface area contributed by atoms with Gasteiger partial charge in [-0.1, -0.05) is 23.7 Å². The number of carboxylic acid groups (broad SMARTS) is 1. The zero-order valence-electron chi connectivity index (χ0n) is 21.4. The molecule has 1 aliphatic carbocycles. The van der Waals surface area contributed by atoms with Gasteiger partial charge in [0, 0.05) is 35.6 Å². The average molecular weight is 544 g/mol. The first-order valence-corrected chi connectivity index (χ1v) is 12.7. The van der Waals surface area contributed by atoms with Crippen molar-refractivity contribution in [1.29, 1.82) is 0 Å². The average Bonchev–Trinajstić information content (AvgIpc) is 3.75. The van der Waals surface area contributed by atoms with E-state index in [0.717, 1.165) is 11.3 Å². The number of hydrogen-bond donors (Lipinski definition) is 1. The number of fused-ring (bicyclic) bond motifs is 1. The first-order chi connectivity index (χ1) is 17.9. The van der Waals surface area contributed by atoms with Crippen molar-refractivity contribution in [2.24, 2.45) is 0 Å². The largest absolute Gasteiger partial charge is 1.00 e. The van der Waals surface area contributed by atoms with Gasteiger partial charge < -0.3 is 29.4 Å². The summed E-state index contributed by atoms with van der Waals surface area (Å²) < 4.78 is 17.0. The number of methoxy groups -OCH3 is 1. The number of hydrogen-bond acceptors (Lipinski definition) is 6. The van der Waals surface area contributed by atoms with Gasteiger partial charge in [-0.2, -0.15) is 0 Å². The van der Waals surface area contributed by atoms with Gasteiger partial charge >= 0.3 is 29.6 Å². The summed E-state index contributed by atoms with van der Waals surface area (Å²) in [5, 5.41) is 14.6. The van der Waals surface area contributed by atoms with Crippen LogP contribution in [0.5, 0.6) is 23.0 Å². The number of benzene rings is 3. The summed E-state index contributed by atoms with van der Waals surface area (Å²) in [7, 11) is 1.67. The van der Waals surface area contributed by atoms with Crippen LogP contribution in [0.4, 0.5) is 0 Å². The van der Waals surface area contributed by atoms with Crippen LogP contribution >= 0.6 is 11.6 Å². The predicted octanol–water partition coefficient (Wildman–Crippen LogP) is 1.61. The van der Waals surface area contributed by atoms with Gasteiger partial charge in [-0.25, -0.2) is 0 Å². The summed E-state index contributed by atoms with van der Waals surface area (Å²) in [6.45, 7) is 0.753. The maximum absolute atomic E-state index is 12.6. The van der Waals surface area contributed by atoms with Gasteiger partial charge in [0.05, 0.1) is 18.7 Å². The maximum Gasteiger partial charge on any atom is 1.00 e. The van der Waals surface area contributed by atoms with Gasteiger partial charge in [0.25, 0.3) is 5.91 Å². The predicted molar refractivity (Wildman–Crippen MR) is 137 cm³/mol. The van der Waals surface area contributed by atoms with E-state index >= 15 is 0 Å². The molecule has 1 N–H and O–H groups in total. The van der Waals surface area contributed by atoms with Gasteiger partial charge in [0.1, 0.15) is 23.0 Å². The van der Waals surface area contributed by atoms with Crippen LogP contribution in [-0.2, 0) is 11.2 Å². The van der Waals surface area contributed by atoms with E-state index in [2.05, 4.69) is 23.5 Å². The molecule has 5 rings (SSSR count). The van der Waals surface area contributed by atoms with Crippen LogP contribution < -0.4 is 54.2 Å². The molecule has 9 heteroatoms. The Morgan fingerprint density at radius 2 is 1.82 bits per heavy atom. The van der Waals surface area contributed by atoms with Crippen molar-refractivity contribution in [2.75, 3.05) is 20.3 Å². The van der Waals surface area contributed by atoms with Gasteiger partial charge in [0.15, 0.2) is 0 Å². The maximum atomic E-state index is 12.6. The number of ether oxygens (including phenoxy) is 3. The second-order valence-electron chi connectivity index (χ2n) is 9.31. The Morgan fingerprint density at radius 3 is 2.50 bits per heavy atom. The Kier molecular flexibility index (Phi) is 9.26. The number of carbonyl (C=O) groups excluding carboxylic acids is 2. The fourth-order valence-electron chi connectivity index (χ4n) is 4.57. The third-order valence-electron chi connectivity index (χ3n) is 6.77. The fourth-order valence-corrected chi connectivity index (χ4v) is 4.78. The molecule has 0 aromatic heterocycles. The quantitative estimate of drug-likeness (QED) is 0.412. The van der Waals surface area contributed by atoms with Crippen molar-refractivity contribution < 1.29 is 58.5 Å². The smallest absolute Gasteiger partial charge is 0.549 e. The van der Waals surface area contributed by atoms with Crippen LogP contribution in [-0.4, -0.2) is 32.1 Å². The standard InChI is InChI=1S/C29H28ClNO6.Na/c1-35-25-14-20(17-2-3-17)5-4-18(25)10-12-31-28(32)19-6-8-21(9-7-19)37-27-16-26-23(15-24(27)30)22(29(33)34)11-13-36-26;/h4-9,14-17,22H,2-3,10-13H2,1H3,(H,31,32)(H,33,34);/q;+1/p-1/t22-;/m0./s1. The summed E-state index contributed by atoms with van der Waals surface area (Å²) in [6.07, 6.45) is 3.47. The van der Waals surface area contributed by atoms with Gasteiger partial charge in [-0.15, -0.1) is 0 Å².